The smallest absolute Gasteiger partial charge is 0.378 e. The van der Waals surface area contributed by atoms with Gasteiger partial charge in [0.25, 0.3) is 0 Å². The molecular weight excluding hydrogens is 478 g/mol. The van der Waals surface area contributed by atoms with Crippen LogP contribution < -0.4 is 5.73 Å². The largest absolute Gasteiger partial charge is 0.416 e. The molecule has 124 valence electrons. The lowest BCUT2D eigenvalue weighted by molar-refractivity contribution is -0.138. The Balaban J connectivity index is 0.00000242. The molecule has 1 fully saturated rings. The van der Waals surface area contributed by atoms with Crippen LogP contribution >= 0.6 is 39.9 Å². The van der Waals surface area contributed by atoms with Gasteiger partial charge in [0, 0.05) is 17.6 Å². The maximum Gasteiger partial charge on any atom is 0.416 e. The van der Waals surface area contributed by atoms with Crippen LogP contribution in [-0.4, -0.2) is 37.2 Å². The molecule has 1 aromatic rings. The number of hydrogen-bond acceptors (Lipinski definition) is 2. The van der Waals surface area contributed by atoms with Crippen LogP contribution in [0.4, 0.5) is 13.2 Å². The third-order valence-electron chi connectivity index (χ3n) is 3.12. The molecule has 0 unspecified atom stereocenters. The van der Waals surface area contributed by atoms with Crippen molar-refractivity contribution in [2.75, 3.05) is 26.3 Å². The van der Waals surface area contributed by atoms with Crippen molar-refractivity contribution in [2.24, 2.45) is 10.7 Å². The molecule has 0 bridgehead atoms. The Morgan fingerprint density at radius 3 is 2.55 bits per heavy atom. The van der Waals surface area contributed by atoms with E-state index in [4.69, 9.17) is 10.5 Å². The average Bonchev–Trinajstić information content (AvgIpc) is 2.45. The summed E-state index contributed by atoms with van der Waals surface area (Å²) in [5, 5.41) is 0. The van der Waals surface area contributed by atoms with Gasteiger partial charge in [-0.3, -0.25) is 0 Å². The van der Waals surface area contributed by atoms with Gasteiger partial charge in [-0.1, -0.05) is 22.0 Å². The van der Waals surface area contributed by atoms with Gasteiger partial charge in [-0.25, -0.2) is 4.99 Å². The lowest BCUT2D eigenvalue weighted by Gasteiger charge is -2.27. The van der Waals surface area contributed by atoms with E-state index in [-0.39, 0.29) is 42.0 Å². The van der Waals surface area contributed by atoms with Gasteiger partial charge in [0.15, 0.2) is 5.96 Å². The molecule has 0 radical (unpaired) electrons. The standard InChI is InChI=1S/C13H15BrF3N3O.HI/c14-10-2-1-9(11(7-10)13(15,16)17)8-19-12(18)20-3-5-21-6-4-20;/h1-2,7H,3-6,8H2,(H2,18,19);1H. The van der Waals surface area contributed by atoms with Gasteiger partial charge in [-0.05, 0) is 17.7 Å². The molecule has 22 heavy (non-hydrogen) atoms. The summed E-state index contributed by atoms with van der Waals surface area (Å²) in [5.41, 5.74) is 5.22. The first-order valence-corrected chi connectivity index (χ1v) is 7.15. The van der Waals surface area contributed by atoms with Crippen LogP contribution in [0.5, 0.6) is 0 Å². The molecule has 0 atom stereocenters. The van der Waals surface area contributed by atoms with Gasteiger partial charge in [-0.15, -0.1) is 24.0 Å². The Bertz CT molecular complexity index is 534. The molecule has 1 aliphatic rings. The Morgan fingerprint density at radius 2 is 1.95 bits per heavy atom. The highest BCUT2D eigenvalue weighted by atomic mass is 127. The molecule has 1 aliphatic heterocycles. The van der Waals surface area contributed by atoms with Gasteiger partial charge >= 0.3 is 6.18 Å². The summed E-state index contributed by atoms with van der Waals surface area (Å²) in [5.74, 6) is 0.245. The van der Waals surface area contributed by atoms with E-state index in [1.165, 1.54) is 6.07 Å². The van der Waals surface area contributed by atoms with Crippen LogP contribution in [-0.2, 0) is 17.5 Å². The number of halogens is 5. The lowest BCUT2D eigenvalue weighted by Crippen LogP contribution is -2.44. The summed E-state index contributed by atoms with van der Waals surface area (Å²) < 4.78 is 44.5. The average molecular weight is 494 g/mol. The van der Waals surface area contributed by atoms with Gasteiger partial charge in [0.2, 0.25) is 0 Å². The molecule has 1 heterocycles. The summed E-state index contributed by atoms with van der Waals surface area (Å²) in [6.45, 7) is 2.18. The highest BCUT2D eigenvalue weighted by molar-refractivity contribution is 14.0. The fourth-order valence-corrected chi connectivity index (χ4v) is 2.37. The van der Waals surface area contributed by atoms with Crippen molar-refractivity contribution in [3.8, 4) is 0 Å². The Hall–Kier alpha value is -0.550. The minimum Gasteiger partial charge on any atom is -0.378 e. The molecule has 0 aliphatic carbocycles. The SMILES string of the molecule is I.NC(=NCc1ccc(Br)cc1C(F)(F)F)N1CCOCC1. The number of morpholine rings is 1. The predicted molar refractivity (Wildman–Crippen MR) is 92.3 cm³/mol. The lowest BCUT2D eigenvalue weighted by atomic mass is 10.1. The number of nitrogens with zero attached hydrogens (tertiary/aromatic N) is 2. The van der Waals surface area contributed by atoms with E-state index >= 15 is 0 Å². The maximum atomic E-state index is 13.0. The van der Waals surface area contributed by atoms with Gasteiger partial charge < -0.3 is 15.4 Å². The van der Waals surface area contributed by atoms with Crippen LogP contribution in [0, 0.1) is 0 Å². The van der Waals surface area contributed by atoms with E-state index in [2.05, 4.69) is 20.9 Å². The fourth-order valence-electron chi connectivity index (χ4n) is 2.01. The van der Waals surface area contributed by atoms with Crippen LogP contribution in [0.2, 0.25) is 0 Å². The number of rotatable bonds is 2. The number of nitrogens with two attached hydrogens (primary N) is 1. The summed E-state index contributed by atoms with van der Waals surface area (Å²) in [6, 6.07) is 4.02. The van der Waals surface area contributed by atoms with Gasteiger partial charge in [-0.2, -0.15) is 13.2 Å². The number of alkyl halides is 3. The molecule has 1 saturated heterocycles. The zero-order valence-corrected chi connectivity index (χ0v) is 15.5. The Kier molecular flexibility index (Phi) is 7.39. The molecule has 4 nitrogen and oxygen atoms in total. The molecule has 2 N–H and O–H groups in total. The highest BCUT2D eigenvalue weighted by Gasteiger charge is 2.33. The number of hydrogen-bond donors (Lipinski definition) is 1. The summed E-state index contributed by atoms with van der Waals surface area (Å²) >= 11 is 3.05. The predicted octanol–water partition coefficient (Wildman–Crippen LogP) is 3.23. The van der Waals surface area contributed by atoms with Gasteiger partial charge in [0.1, 0.15) is 0 Å². The summed E-state index contributed by atoms with van der Waals surface area (Å²) in [7, 11) is 0. The summed E-state index contributed by atoms with van der Waals surface area (Å²) in [6.07, 6.45) is -4.41. The number of benzene rings is 1. The molecular formula is C13H16BrF3IN3O. The topological polar surface area (TPSA) is 50.8 Å². The normalized spacial score (nSPS) is 16.4. The third kappa shape index (κ3) is 5.27. The molecule has 2 rings (SSSR count). The van der Waals surface area contributed by atoms with Crippen LogP contribution in [0.1, 0.15) is 11.1 Å². The second kappa shape index (κ2) is 8.34. The molecule has 0 saturated carbocycles. The highest BCUT2D eigenvalue weighted by Crippen LogP contribution is 2.34. The Labute approximate surface area is 152 Å². The first-order chi connectivity index (χ1) is 9.88. The second-order valence-electron chi connectivity index (χ2n) is 4.57. The Morgan fingerprint density at radius 1 is 1.32 bits per heavy atom. The van der Waals surface area contributed by atoms with Crippen molar-refractivity contribution in [2.45, 2.75) is 12.7 Å². The third-order valence-corrected chi connectivity index (χ3v) is 3.62. The maximum absolute atomic E-state index is 13.0. The zero-order chi connectivity index (χ0) is 15.5. The first-order valence-electron chi connectivity index (χ1n) is 6.36. The van der Waals surface area contributed by atoms with E-state index in [0.717, 1.165) is 6.07 Å². The van der Waals surface area contributed by atoms with Crippen LogP contribution in [0.25, 0.3) is 0 Å². The molecule has 9 heteroatoms. The number of ether oxygens (including phenoxy) is 1. The molecule has 0 aromatic heterocycles. The molecule has 1 aromatic carbocycles. The quantitative estimate of drug-likeness (QED) is 0.391. The minimum absolute atomic E-state index is 0. The van der Waals surface area contributed by atoms with Crippen LogP contribution in [0.15, 0.2) is 27.7 Å². The van der Waals surface area contributed by atoms with E-state index in [0.29, 0.717) is 30.8 Å². The summed E-state index contributed by atoms with van der Waals surface area (Å²) in [4.78, 5) is 5.87. The van der Waals surface area contributed by atoms with Crippen LogP contribution in [0.3, 0.4) is 0 Å². The monoisotopic (exact) mass is 493 g/mol. The zero-order valence-electron chi connectivity index (χ0n) is 11.6. The fraction of sp³-hybridized carbons (Fsp3) is 0.462. The van der Waals surface area contributed by atoms with E-state index in [1.54, 1.807) is 11.0 Å². The second-order valence-corrected chi connectivity index (χ2v) is 5.49. The number of aliphatic imine (C=N–C) groups is 1. The first kappa shape index (κ1) is 19.5. The molecule has 0 spiro atoms. The van der Waals surface area contributed by atoms with E-state index in [9.17, 15) is 13.2 Å². The van der Waals surface area contributed by atoms with E-state index < -0.39 is 11.7 Å². The van der Waals surface area contributed by atoms with Crippen molar-refractivity contribution < 1.29 is 17.9 Å². The molecule has 0 amide bonds. The van der Waals surface area contributed by atoms with Crippen molar-refractivity contribution in [1.82, 2.24) is 4.90 Å². The minimum atomic E-state index is -4.41. The number of guanidine groups is 1. The van der Waals surface area contributed by atoms with Crippen molar-refractivity contribution in [3.63, 3.8) is 0 Å². The van der Waals surface area contributed by atoms with Crippen molar-refractivity contribution >= 4 is 45.9 Å². The van der Waals surface area contributed by atoms with Crippen molar-refractivity contribution in [1.29, 1.82) is 0 Å². The van der Waals surface area contributed by atoms with E-state index in [1.807, 2.05) is 0 Å². The van der Waals surface area contributed by atoms with Gasteiger partial charge in [0.05, 0.1) is 25.3 Å². The van der Waals surface area contributed by atoms with Crippen molar-refractivity contribution in [3.05, 3.63) is 33.8 Å².